The van der Waals surface area contributed by atoms with Crippen LogP contribution in [0.2, 0.25) is 0 Å². The van der Waals surface area contributed by atoms with Gasteiger partial charge in [0, 0.05) is 43.4 Å². The largest absolute Gasteiger partial charge is 0.456 e. The monoisotopic (exact) mass is 674 g/mol. The van der Waals surface area contributed by atoms with Gasteiger partial charge in [-0.05, 0) is 53.5 Å². The zero-order valence-electron chi connectivity index (χ0n) is 45.6. The molecule has 0 atom stereocenters. The molecular weight excluding hydrogens is 629 g/mol. The van der Waals surface area contributed by atoms with Gasteiger partial charge >= 0.3 is 0 Å². The fraction of sp³-hybridized carbons (Fsp3) is 0. The quantitative estimate of drug-likeness (QED) is 0.186. The van der Waals surface area contributed by atoms with E-state index >= 15 is 0 Å². The Balaban J connectivity index is 1.27. The van der Waals surface area contributed by atoms with Gasteiger partial charge < -0.3 is 8.83 Å². The molecule has 238 valence electrons. The summed E-state index contributed by atoms with van der Waals surface area (Å²) in [6.07, 6.45) is 0. The molecule has 0 aliphatic heterocycles. The predicted molar refractivity (Wildman–Crippen MR) is 205 cm³/mol. The van der Waals surface area contributed by atoms with Gasteiger partial charge in [0.2, 0.25) is 5.95 Å². The Kier molecular flexibility index (Phi) is 3.12. The number of benzene rings is 7. The number of hydrogen-bond acceptors (Lipinski definition) is 5. The summed E-state index contributed by atoms with van der Waals surface area (Å²) in [5, 5.41) is -0.337. The van der Waals surface area contributed by atoms with E-state index in [1.807, 2.05) is 0 Å². The van der Waals surface area contributed by atoms with E-state index < -0.39 is 138 Å². The van der Waals surface area contributed by atoms with Crippen LogP contribution in [-0.2, 0) is 0 Å². The standard InChI is InChI=1S/C45H26N4O2/c1-3-12-27(13-4-1)30-18-11-21-39-42(30)33-23-22-29(24-40(33)51-39)44-46-43(28-14-5-2-6-15-28)47-45(48-44)49-36-19-9-7-16-31(36)34-26-41-35(25-37(34)49)32-17-8-10-20-38(32)50-41/h1-26H/i1D,2D,3D,4D,5D,6D,7D,8D,9D,10D,12D,13D,14D,15D,16D,17D,19D,20D,25D,26D. The molecule has 6 heteroatoms. The molecule has 0 N–H and O–H groups in total. The third-order valence-electron chi connectivity index (χ3n) is 8.49. The minimum atomic E-state index is -0.750. The fourth-order valence-electron chi connectivity index (χ4n) is 6.32. The molecule has 51 heavy (non-hydrogen) atoms. The Morgan fingerprint density at radius 1 is 0.471 bits per heavy atom. The fourth-order valence-corrected chi connectivity index (χ4v) is 6.32. The van der Waals surface area contributed by atoms with E-state index in [1.54, 1.807) is 24.3 Å². The van der Waals surface area contributed by atoms with E-state index in [-0.39, 0.29) is 77.4 Å². The molecule has 7 aromatic carbocycles. The second-order valence-corrected chi connectivity index (χ2v) is 11.3. The lowest BCUT2D eigenvalue weighted by Gasteiger charge is -2.11. The first kappa shape index (κ1) is 14.8. The van der Waals surface area contributed by atoms with Gasteiger partial charge in [0.05, 0.1) is 38.4 Å². The molecule has 4 heterocycles. The van der Waals surface area contributed by atoms with Crippen molar-refractivity contribution in [1.82, 2.24) is 19.5 Å². The highest BCUT2D eigenvalue weighted by molar-refractivity contribution is 6.17. The molecule has 0 aliphatic carbocycles. The Morgan fingerprint density at radius 2 is 1.18 bits per heavy atom. The number of nitrogens with zero attached hydrogens (tertiary/aromatic N) is 4. The number of hydrogen-bond donors (Lipinski definition) is 0. The summed E-state index contributed by atoms with van der Waals surface area (Å²) < 4.78 is 187. The van der Waals surface area contributed by atoms with Crippen LogP contribution in [0.3, 0.4) is 0 Å². The summed E-state index contributed by atoms with van der Waals surface area (Å²) in [5.41, 5.74) is -1.26. The van der Waals surface area contributed by atoms with Crippen LogP contribution in [-0.4, -0.2) is 19.5 Å². The minimum Gasteiger partial charge on any atom is -0.456 e. The molecule has 0 aliphatic rings. The molecule has 0 fully saturated rings. The van der Waals surface area contributed by atoms with Gasteiger partial charge in [-0.15, -0.1) is 0 Å². The maximum atomic E-state index is 9.76. The van der Waals surface area contributed by atoms with Crippen molar-refractivity contribution in [3.8, 4) is 39.9 Å². The molecule has 0 saturated heterocycles. The average Bonchev–Trinajstić information content (AvgIpc) is 4.07. The van der Waals surface area contributed by atoms with E-state index in [4.69, 9.17) is 37.1 Å². The highest BCUT2D eigenvalue weighted by atomic mass is 16.3. The zero-order chi connectivity index (χ0) is 50.9. The Labute approximate surface area is 319 Å². The number of rotatable bonds is 4. The van der Waals surface area contributed by atoms with Crippen LogP contribution in [0.15, 0.2) is 166 Å². The van der Waals surface area contributed by atoms with E-state index in [1.165, 1.54) is 12.1 Å². The van der Waals surface area contributed by atoms with Crippen LogP contribution in [0.5, 0.6) is 0 Å². The molecule has 0 spiro atoms. The second kappa shape index (κ2) is 10.7. The average molecular weight is 675 g/mol. The van der Waals surface area contributed by atoms with Gasteiger partial charge in [-0.3, -0.25) is 4.57 Å². The van der Waals surface area contributed by atoms with Crippen molar-refractivity contribution in [2.75, 3.05) is 0 Å². The molecule has 0 radical (unpaired) electrons. The lowest BCUT2D eigenvalue weighted by atomic mass is 9.99. The predicted octanol–water partition coefficient (Wildman–Crippen LogP) is 11.8. The van der Waals surface area contributed by atoms with Crippen LogP contribution in [0, 0.1) is 0 Å². The third-order valence-corrected chi connectivity index (χ3v) is 8.49. The number of para-hydroxylation sites is 2. The normalized spacial score (nSPS) is 17.4. The van der Waals surface area contributed by atoms with E-state index in [9.17, 15) is 4.11 Å². The van der Waals surface area contributed by atoms with Crippen molar-refractivity contribution in [3.63, 3.8) is 0 Å². The number of fused-ring (bicyclic) bond motifs is 9. The first-order chi connectivity index (χ1) is 33.6. The lowest BCUT2D eigenvalue weighted by molar-refractivity contribution is 0.669. The van der Waals surface area contributed by atoms with Crippen LogP contribution < -0.4 is 0 Å². The first-order valence-corrected chi connectivity index (χ1v) is 15.3. The Morgan fingerprint density at radius 3 is 2.02 bits per heavy atom. The summed E-state index contributed by atoms with van der Waals surface area (Å²) in [4.78, 5) is 13.9. The molecule has 6 nitrogen and oxygen atoms in total. The summed E-state index contributed by atoms with van der Waals surface area (Å²) in [6, 6.07) is -3.35. The van der Waals surface area contributed by atoms with Gasteiger partial charge in [0.1, 0.15) is 22.3 Å². The van der Waals surface area contributed by atoms with Gasteiger partial charge in [0.15, 0.2) is 11.6 Å². The Bertz CT molecular complexity index is 4260. The Hall–Kier alpha value is -7.05. The second-order valence-electron chi connectivity index (χ2n) is 11.3. The topological polar surface area (TPSA) is 69.9 Å². The molecule has 11 rings (SSSR count). The van der Waals surface area contributed by atoms with Crippen molar-refractivity contribution in [2.45, 2.75) is 0 Å². The van der Waals surface area contributed by atoms with Gasteiger partial charge in [-0.2, -0.15) is 9.97 Å². The molecule has 0 unspecified atom stereocenters. The van der Waals surface area contributed by atoms with Crippen molar-refractivity contribution in [1.29, 1.82) is 0 Å². The molecule has 0 bridgehead atoms. The smallest absolute Gasteiger partial charge is 0.238 e. The van der Waals surface area contributed by atoms with E-state index in [2.05, 4.69) is 9.97 Å². The molecular formula is C45H26N4O2. The zero-order valence-corrected chi connectivity index (χ0v) is 25.6. The van der Waals surface area contributed by atoms with Crippen molar-refractivity contribution in [3.05, 3.63) is 157 Å². The minimum absolute atomic E-state index is 0.0754. The molecule has 11 aromatic rings. The van der Waals surface area contributed by atoms with Gasteiger partial charge in [0.25, 0.3) is 0 Å². The van der Waals surface area contributed by atoms with E-state index in [0.717, 1.165) is 4.57 Å². The van der Waals surface area contributed by atoms with Crippen LogP contribution in [0.1, 0.15) is 27.4 Å². The summed E-state index contributed by atoms with van der Waals surface area (Å²) in [7, 11) is 0. The summed E-state index contributed by atoms with van der Waals surface area (Å²) >= 11 is 0. The van der Waals surface area contributed by atoms with Crippen LogP contribution in [0.4, 0.5) is 0 Å². The van der Waals surface area contributed by atoms with Crippen LogP contribution in [0.25, 0.3) is 106 Å². The van der Waals surface area contributed by atoms with Crippen molar-refractivity contribution in [2.24, 2.45) is 0 Å². The highest BCUT2D eigenvalue weighted by Gasteiger charge is 2.21. The van der Waals surface area contributed by atoms with Gasteiger partial charge in [-0.25, -0.2) is 4.98 Å². The van der Waals surface area contributed by atoms with Crippen molar-refractivity contribution >= 4 is 65.7 Å². The number of furan rings is 2. The summed E-state index contributed by atoms with van der Waals surface area (Å²) in [5.74, 6) is -1.35. The highest BCUT2D eigenvalue weighted by Crippen LogP contribution is 2.40. The summed E-state index contributed by atoms with van der Waals surface area (Å²) in [6.45, 7) is 0. The maximum absolute atomic E-state index is 9.76. The van der Waals surface area contributed by atoms with Gasteiger partial charge in [-0.1, -0.05) is 115 Å². The lowest BCUT2D eigenvalue weighted by Crippen LogP contribution is -2.06. The molecule has 0 saturated carbocycles. The van der Waals surface area contributed by atoms with Crippen molar-refractivity contribution < 1.29 is 36.2 Å². The van der Waals surface area contributed by atoms with E-state index in [0.29, 0.717) is 10.8 Å². The molecule has 4 aromatic heterocycles. The van der Waals surface area contributed by atoms with Crippen LogP contribution >= 0.6 is 0 Å². The molecule has 0 amide bonds. The maximum Gasteiger partial charge on any atom is 0.238 e. The third kappa shape index (κ3) is 4.26. The SMILES string of the molecule is [2H]c1c([2H])c([2H])c(-c2nc(-c3ccc4c(c3)oc3cccc(-c5c([2H])c([2H])c([2H])c([2H])c5[2H])c34)nc(-n3c4c([2H])c([2H])c([2H])c([2H])c4c4c([2H])c5oc6c([2H])c([2H])c([2H])c([2H])c6c5c([2H])c43)n2)c([2H])c1[2H]. The first-order valence-electron chi connectivity index (χ1n) is 25.3. The number of aromatic nitrogens is 4.